The number of rotatable bonds is 4. The summed E-state index contributed by atoms with van der Waals surface area (Å²) in [5, 5.41) is 0. The molecule has 118 valence electrons. The normalized spacial score (nSPS) is 18.3. The molecule has 0 unspecified atom stereocenters. The Hall–Kier alpha value is -1.11. The van der Waals surface area contributed by atoms with Crippen molar-refractivity contribution in [2.75, 3.05) is 39.5 Å². The van der Waals surface area contributed by atoms with Gasteiger partial charge in [-0.05, 0) is 63.5 Å². The van der Waals surface area contributed by atoms with Crippen LogP contribution in [0.4, 0.5) is 5.69 Å². The Labute approximate surface area is 127 Å². The minimum atomic E-state index is -3.47. The largest absolute Gasteiger partial charge is 0.398 e. The van der Waals surface area contributed by atoms with Crippen molar-refractivity contribution < 1.29 is 8.42 Å². The number of sulfonamides is 1. The molecule has 0 aromatic heterocycles. The minimum absolute atomic E-state index is 0.318. The Morgan fingerprint density at radius 2 is 1.95 bits per heavy atom. The summed E-state index contributed by atoms with van der Waals surface area (Å²) in [4.78, 5) is 2.60. The highest BCUT2D eigenvalue weighted by Crippen LogP contribution is 2.25. The fourth-order valence-corrected chi connectivity index (χ4v) is 4.28. The molecular weight excluding hydrogens is 286 g/mol. The van der Waals surface area contributed by atoms with Crippen molar-refractivity contribution in [1.82, 2.24) is 9.21 Å². The molecule has 1 aromatic carbocycles. The first-order chi connectivity index (χ1) is 9.82. The molecule has 0 aliphatic carbocycles. The monoisotopic (exact) mass is 311 g/mol. The van der Waals surface area contributed by atoms with Crippen molar-refractivity contribution in [2.24, 2.45) is 5.92 Å². The van der Waals surface area contributed by atoms with Gasteiger partial charge in [0.25, 0.3) is 0 Å². The van der Waals surface area contributed by atoms with Gasteiger partial charge in [-0.15, -0.1) is 0 Å². The highest BCUT2D eigenvalue weighted by Gasteiger charge is 2.27. The number of piperidine rings is 1. The van der Waals surface area contributed by atoms with Gasteiger partial charge in [0.15, 0.2) is 0 Å². The zero-order valence-electron chi connectivity index (χ0n) is 13.0. The second kappa shape index (κ2) is 6.34. The van der Waals surface area contributed by atoms with Crippen molar-refractivity contribution in [3.63, 3.8) is 0 Å². The Kier molecular flexibility index (Phi) is 4.91. The van der Waals surface area contributed by atoms with Crippen LogP contribution in [-0.2, 0) is 10.0 Å². The molecule has 2 rings (SSSR count). The lowest BCUT2D eigenvalue weighted by atomic mass is 9.97. The summed E-state index contributed by atoms with van der Waals surface area (Å²) in [7, 11) is 0.302. The number of nitrogen functional groups attached to an aromatic ring is 1. The Balaban J connectivity index is 2.13. The third-order valence-electron chi connectivity index (χ3n) is 4.37. The third kappa shape index (κ3) is 3.56. The smallest absolute Gasteiger partial charge is 0.243 e. The predicted octanol–water partition coefficient (Wildman–Crippen LogP) is 1.54. The minimum Gasteiger partial charge on any atom is -0.398 e. The van der Waals surface area contributed by atoms with E-state index in [2.05, 4.69) is 11.9 Å². The van der Waals surface area contributed by atoms with Crippen molar-refractivity contribution >= 4 is 15.7 Å². The predicted molar refractivity (Wildman–Crippen MR) is 85.6 cm³/mol. The van der Waals surface area contributed by atoms with E-state index >= 15 is 0 Å². The summed E-state index contributed by atoms with van der Waals surface area (Å²) in [6, 6.07) is 5.05. The van der Waals surface area contributed by atoms with Gasteiger partial charge in [-0.25, -0.2) is 12.7 Å². The number of hydrogen-bond acceptors (Lipinski definition) is 4. The van der Waals surface area contributed by atoms with Gasteiger partial charge in [0, 0.05) is 19.3 Å². The summed E-state index contributed by atoms with van der Waals surface area (Å²) >= 11 is 0. The summed E-state index contributed by atoms with van der Waals surface area (Å²) in [6.45, 7) is 4.40. The molecule has 6 heteroatoms. The quantitative estimate of drug-likeness (QED) is 0.857. The SMILES string of the molecule is Cc1c(N)cccc1S(=O)(=O)N(C)CC1CCN(C)CC1. The topological polar surface area (TPSA) is 66.6 Å². The van der Waals surface area contributed by atoms with E-state index in [1.807, 2.05) is 0 Å². The number of nitrogens with two attached hydrogens (primary N) is 1. The molecule has 1 aliphatic heterocycles. The lowest BCUT2D eigenvalue weighted by Crippen LogP contribution is -2.38. The van der Waals surface area contributed by atoms with Gasteiger partial charge in [-0.1, -0.05) is 6.07 Å². The van der Waals surface area contributed by atoms with Gasteiger partial charge in [0.05, 0.1) is 4.90 Å². The molecule has 2 N–H and O–H groups in total. The van der Waals surface area contributed by atoms with E-state index in [9.17, 15) is 8.42 Å². The highest BCUT2D eigenvalue weighted by molar-refractivity contribution is 7.89. The van der Waals surface area contributed by atoms with Crippen LogP contribution in [0.1, 0.15) is 18.4 Å². The summed E-state index contributed by atoms with van der Waals surface area (Å²) in [5.41, 5.74) is 6.98. The van der Waals surface area contributed by atoms with E-state index in [0.717, 1.165) is 25.9 Å². The molecule has 21 heavy (non-hydrogen) atoms. The lowest BCUT2D eigenvalue weighted by molar-refractivity contribution is 0.202. The molecule has 0 amide bonds. The van der Waals surface area contributed by atoms with Gasteiger partial charge in [-0.3, -0.25) is 0 Å². The van der Waals surface area contributed by atoms with Gasteiger partial charge in [-0.2, -0.15) is 0 Å². The maximum absolute atomic E-state index is 12.7. The summed E-state index contributed by atoms with van der Waals surface area (Å²) < 4.78 is 26.9. The number of likely N-dealkylation sites (tertiary alicyclic amines) is 1. The lowest BCUT2D eigenvalue weighted by Gasteiger charge is -2.31. The van der Waals surface area contributed by atoms with Gasteiger partial charge in [0.2, 0.25) is 10.0 Å². The molecule has 0 bridgehead atoms. The second-order valence-corrected chi connectivity index (χ2v) is 8.02. The molecule has 5 nitrogen and oxygen atoms in total. The summed E-state index contributed by atoms with van der Waals surface area (Å²) in [6.07, 6.45) is 2.10. The third-order valence-corrected chi connectivity index (χ3v) is 6.34. The second-order valence-electron chi connectivity index (χ2n) is 6.00. The van der Waals surface area contributed by atoms with Crippen molar-refractivity contribution in [2.45, 2.75) is 24.7 Å². The fourth-order valence-electron chi connectivity index (χ4n) is 2.79. The first-order valence-corrected chi connectivity index (χ1v) is 8.76. The van der Waals surface area contributed by atoms with Crippen LogP contribution < -0.4 is 5.73 Å². The van der Waals surface area contributed by atoms with Crippen molar-refractivity contribution in [3.8, 4) is 0 Å². The Morgan fingerprint density at radius 3 is 2.57 bits per heavy atom. The molecule has 1 fully saturated rings. The standard InChI is InChI=1S/C15H25N3O2S/c1-12-14(16)5-4-6-15(12)21(19,20)18(3)11-13-7-9-17(2)10-8-13/h4-6,13H,7-11,16H2,1-3H3. The number of hydrogen-bond donors (Lipinski definition) is 1. The van der Waals surface area contributed by atoms with E-state index in [4.69, 9.17) is 5.73 Å². The van der Waals surface area contributed by atoms with Crippen LogP contribution in [0.3, 0.4) is 0 Å². The van der Waals surface area contributed by atoms with Crippen LogP contribution in [0.15, 0.2) is 23.1 Å². The van der Waals surface area contributed by atoms with Crippen LogP contribution in [0, 0.1) is 12.8 Å². The van der Waals surface area contributed by atoms with Gasteiger partial charge >= 0.3 is 0 Å². The first kappa shape index (κ1) is 16.3. The van der Waals surface area contributed by atoms with E-state index in [0.29, 0.717) is 28.6 Å². The first-order valence-electron chi connectivity index (χ1n) is 7.32. The molecule has 1 aromatic rings. The Morgan fingerprint density at radius 1 is 1.33 bits per heavy atom. The van der Waals surface area contributed by atoms with Crippen molar-refractivity contribution in [1.29, 1.82) is 0 Å². The zero-order valence-corrected chi connectivity index (χ0v) is 13.9. The van der Waals surface area contributed by atoms with Gasteiger partial charge < -0.3 is 10.6 Å². The maximum Gasteiger partial charge on any atom is 0.243 e. The average Bonchev–Trinajstić information content (AvgIpc) is 2.44. The highest BCUT2D eigenvalue weighted by atomic mass is 32.2. The number of nitrogens with zero attached hydrogens (tertiary/aromatic N) is 2. The number of benzene rings is 1. The van der Waals surface area contributed by atoms with Crippen LogP contribution in [-0.4, -0.2) is 51.4 Å². The zero-order chi connectivity index (χ0) is 15.6. The number of anilines is 1. The molecule has 0 saturated carbocycles. The van der Waals surface area contributed by atoms with E-state index < -0.39 is 10.0 Å². The van der Waals surface area contributed by atoms with Crippen LogP contribution >= 0.6 is 0 Å². The van der Waals surface area contributed by atoms with Crippen LogP contribution in [0.5, 0.6) is 0 Å². The molecule has 0 atom stereocenters. The van der Waals surface area contributed by atoms with E-state index in [1.165, 1.54) is 4.31 Å². The average molecular weight is 311 g/mol. The maximum atomic E-state index is 12.7. The van der Waals surface area contributed by atoms with E-state index in [1.54, 1.807) is 32.2 Å². The van der Waals surface area contributed by atoms with Crippen LogP contribution in [0.2, 0.25) is 0 Å². The molecular formula is C15H25N3O2S. The van der Waals surface area contributed by atoms with E-state index in [-0.39, 0.29) is 0 Å². The summed E-state index contributed by atoms with van der Waals surface area (Å²) in [5.74, 6) is 0.433. The molecule has 0 radical (unpaired) electrons. The fraction of sp³-hybridized carbons (Fsp3) is 0.600. The van der Waals surface area contributed by atoms with Crippen LogP contribution in [0.25, 0.3) is 0 Å². The molecule has 1 heterocycles. The molecule has 1 saturated heterocycles. The van der Waals surface area contributed by atoms with Crippen molar-refractivity contribution in [3.05, 3.63) is 23.8 Å². The molecule has 0 spiro atoms. The Bertz CT molecular complexity index is 593. The molecule has 1 aliphatic rings. The van der Waals surface area contributed by atoms with Gasteiger partial charge in [0.1, 0.15) is 0 Å².